The zero-order chi connectivity index (χ0) is 24.3. The van der Waals surface area contributed by atoms with Crippen LogP contribution in [-0.4, -0.2) is 39.0 Å². The first kappa shape index (κ1) is 24.2. The molecule has 3 N–H and O–H groups in total. The van der Waals surface area contributed by atoms with Crippen molar-refractivity contribution in [1.82, 2.24) is 0 Å². The Kier molecular flexibility index (Phi) is 6.15. The van der Waals surface area contributed by atoms with Gasteiger partial charge in [-0.1, -0.05) is 20.8 Å². The van der Waals surface area contributed by atoms with Gasteiger partial charge in [0.05, 0.1) is 11.8 Å². The molecule has 33 heavy (non-hydrogen) atoms. The molecule has 0 bridgehead atoms. The lowest BCUT2D eigenvalue weighted by atomic mass is 9.41. The molecule has 184 valence electrons. The minimum absolute atomic E-state index is 0.00268. The summed E-state index contributed by atoms with van der Waals surface area (Å²) in [5, 5.41) is 29.1. The number of carboxylic acid groups (broad SMARTS) is 3. The quantitative estimate of drug-likeness (QED) is 0.535. The average molecular weight is 463 g/mol. The van der Waals surface area contributed by atoms with Crippen LogP contribution in [0.15, 0.2) is 0 Å². The Bertz CT molecular complexity index is 852. The van der Waals surface area contributed by atoms with Crippen LogP contribution in [0.5, 0.6) is 0 Å². The van der Waals surface area contributed by atoms with Crippen molar-refractivity contribution in [1.29, 1.82) is 0 Å². The van der Waals surface area contributed by atoms with Crippen LogP contribution >= 0.6 is 0 Å². The topological polar surface area (TPSA) is 129 Å². The minimum atomic E-state index is -0.835. The SMILES string of the molecule is C[C@@H](CCC(=O)O)[C@H]1CC[C@@H]2[C@H]3C(=O)C[C@@H]4C[C@H](C(=O)O)CC[C@]4(C)[C@H]3C[C@H](C(=O)O)[C@@]21C. The van der Waals surface area contributed by atoms with Crippen molar-refractivity contribution in [2.24, 2.45) is 58.2 Å². The van der Waals surface area contributed by atoms with Crippen molar-refractivity contribution in [3.05, 3.63) is 0 Å². The van der Waals surface area contributed by atoms with Crippen LogP contribution in [0.2, 0.25) is 0 Å². The lowest BCUT2D eigenvalue weighted by molar-refractivity contribution is -0.182. The van der Waals surface area contributed by atoms with Crippen LogP contribution in [0.3, 0.4) is 0 Å². The van der Waals surface area contributed by atoms with Gasteiger partial charge < -0.3 is 15.3 Å². The maximum Gasteiger partial charge on any atom is 0.307 e. The highest BCUT2D eigenvalue weighted by Crippen LogP contribution is 2.69. The fraction of sp³-hybridized carbons (Fsp3) is 0.846. The third-order valence-corrected chi connectivity index (χ3v) is 10.8. The predicted octanol–water partition coefficient (Wildman–Crippen LogP) is 4.34. The zero-order valence-electron chi connectivity index (χ0n) is 20.0. The molecular formula is C26H38O7. The summed E-state index contributed by atoms with van der Waals surface area (Å²) in [5.41, 5.74) is -0.728. The maximum atomic E-state index is 13.6. The van der Waals surface area contributed by atoms with Crippen LogP contribution in [0.4, 0.5) is 0 Å². The van der Waals surface area contributed by atoms with Crippen molar-refractivity contribution in [3.8, 4) is 0 Å². The van der Waals surface area contributed by atoms with E-state index in [0.717, 1.165) is 19.3 Å². The van der Waals surface area contributed by atoms with E-state index in [1.165, 1.54) is 0 Å². The number of aliphatic carboxylic acids is 3. The van der Waals surface area contributed by atoms with Gasteiger partial charge in [-0.2, -0.15) is 0 Å². The first-order chi connectivity index (χ1) is 15.4. The first-order valence-electron chi connectivity index (χ1n) is 12.6. The predicted molar refractivity (Wildman–Crippen MR) is 119 cm³/mol. The van der Waals surface area contributed by atoms with E-state index in [4.69, 9.17) is 5.11 Å². The molecular weight excluding hydrogens is 424 g/mol. The van der Waals surface area contributed by atoms with Gasteiger partial charge in [-0.3, -0.25) is 19.2 Å². The van der Waals surface area contributed by atoms with Crippen LogP contribution in [-0.2, 0) is 19.2 Å². The molecule has 0 spiro atoms. The molecule has 4 fully saturated rings. The van der Waals surface area contributed by atoms with E-state index < -0.39 is 35.2 Å². The summed E-state index contributed by atoms with van der Waals surface area (Å²) in [6.45, 7) is 6.29. The van der Waals surface area contributed by atoms with Crippen LogP contribution in [0.1, 0.15) is 78.6 Å². The third-order valence-electron chi connectivity index (χ3n) is 10.8. The van der Waals surface area contributed by atoms with E-state index >= 15 is 0 Å². The molecule has 0 unspecified atom stereocenters. The molecule has 10 atom stereocenters. The van der Waals surface area contributed by atoms with Gasteiger partial charge >= 0.3 is 17.9 Å². The fourth-order valence-electron chi connectivity index (χ4n) is 9.05. The Balaban J connectivity index is 1.67. The fourth-order valence-corrected chi connectivity index (χ4v) is 9.05. The smallest absolute Gasteiger partial charge is 0.307 e. The number of carbonyl (C=O) groups excluding carboxylic acids is 1. The Morgan fingerprint density at radius 2 is 1.70 bits per heavy atom. The van der Waals surface area contributed by atoms with Gasteiger partial charge in [0.2, 0.25) is 0 Å². The Morgan fingerprint density at radius 1 is 1.00 bits per heavy atom. The van der Waals surface area contributed by atoms with Crippen molar-refractivity contribution in [2.75, 3.05) is 0 Å². The molecule has 0 saturated heterocycles. The second kappa shape index (κ2) is 8.38. The van der Waals surface area contributed by atoms with Gasteiger partial charge in [-0.15, -0.1) is 0 Å². The largest absolute Gasteiger partial charge is 0.481 e. The molecule has 4 saturated carbocycles. The summed E-state index contributed by atoms with van der Waals surface area (Å²) in [6, 6.07) is 0. The molecule has 4 aliphatic carbocycles. The van der Waals surface area contributed by atoms with E-state index in [1.807, 2.05) is 6.92 Å². The standard InChI is InChI=1S/C26H38O7/c1-13(4-7-21(28)29)16-5-6-17-22-18(12-19(24(32)33)26(16,17)3)25(2)9-8-14(23(30)31)10-15(25)11-20(22)27/h13-19,22H,4-12H2,1-3H3,(H,28,29)(H,30,31)(H,32,33)/t13-,14+,15-,16+,17+,18-,19+,22+,25-,26+/m0/s1. The molecule has 0 aromatic heterocycles. The monoisotopic (exact) mass is 462 g/mol. The molecule has 0 radical (unpaired) electrons. The summed E-state index contributed by atoms with van der Waals surface area (Å²) in [6.07, 6.45) is 4.95. The zero-order valence-corrected chi connectivity index (χ0v) is 20.0. The van der Waals surface area contributed by atoms with Crippen LogP contribution in [0, 0.1) is 58.2 Å². The van der Waals surface area contributed by atoms with E-state index in [-0.39, 0.29) is 53.1 Å². The van der Waals surface area contributed by atoms with Crippen LogP contribution < -0.4 is 0 Å². The molecule has 0 heterocycles. The highest BCUT2D eigenvalue weighted by Gasteiger charge is 2.67. The third kappa shape index (κ3) is 3.70. The number of rotatable bonds is 6. The number of fused-ring (bicyclic) bond motifs is 5. The summed E-state index contributed by atoms with van der Waals surface area (Å²) in [7, 11) is 0. The van der Waals surface area contributed by atoms with E-state index in [1.54, 1.807) is 0 Å². The van der Waals surface area contributed by atoms with Gasteiger partial charge in [0.25, 0.3) is 0 Å². The number of hydrogen-bond acceptors (Lipinski definition) is 4. The number of carbonyl (C=O) groups is 4. The molecule has 0 aromatic rings. The second-order valence-corrected chi connectivity index (χ2v) is 12.0. The molecule has 4 aliphatic rings. The highest BCUT2D eigenvalue weighted by atomic mass is 16.4. The number of ketones is 1. The number of hydrogen-bond donors (Lipinski definition) is 3. The van der Waals surface area contributed by atoms with Crippen molar-refractivity contribution in [2.45, 2.75) is 78.6 Å². The van der Waals surface area contributed by atoms with Crippen molar-refractivity contribution >= 4 is 23.7 Å². The van der Waals surface area contributed by atoms with E-state index in [0.29, 0.717) is 32.1 Å². The lowest BCUT2D eigenvalue weighted by Crippen LogP contribution is -2.61. The molecule has 7 nitrogen and oxygen atoms in total. The first-order valence-corrected chi connectivity index (χ1v) is 12.6. The Labute approximate surface area is 195 Å². The van der Waals surface area contributed by atoms with Crippen LogP contribution in [0.25, 0.3) is 0 Å². The van der Waals surface area contributed by atoms with Gasteiger partial charge in [-0.05, 0) is 85.4 Å². The minimum Gasteiger partial charge on any atom is -0.481 e. The molecule has 0 amide bonds. The van der Waals surface area contributed by atoms with E-state index in [9.17, 15) is 29.4 Å². The normalized spacial score (nSPS) is 45.4. The molecule has 0 aliphatic heterocycles. The molecule has 0 aromatic carbocycles. The number of carboxylic acids is 3. The van der Waals surface area contributed by atoms with Crippen molar-refractivity contribution < 1.29 is 34.5 Å². The highest BCUT2D eigenvalue weighted by molar-refractivity contribution is 5.84. The number of Topliss-reactive ketones (excluding diaryl/α,β-unsaturated/α-hetero) is 1. The van der Waals surface area contributed by atoms with Gasteiger partial charge in [0, 0.05) is 18.8 Å². The second-order valence-electron chi connectivity index (χ2n) is 12.0. The Hall–Kier alpha value is -1.92. The van der Waals surface area contributed by atoms with Crippen molar-refractivity contribution in [3.63, 3.8) is 0 Å². The summed E-state index contributed by atoms with van der Waals surface area (Å²) in [5.74, 6) is -3.22. The summed E-state index contributed by atoms with van der Waals surface area (Å²) in [4.78, 5) is 49.0. The lowest BCUT2D eigenvalue weighted by Gasteiger charge is -2.61. The molecule has 7 heteroatoms. The van der Waals surface area contributed by atoms with Gasteiger partial charge in [0.1, 0.15) is 5.78 Å². The van der Waals surface area contributed by atoms with Gasteiger partial charge in [0.15, 0.2) is 0 Å². The summed E-state index contributed by atoms with van der Waals surface area (Å²) >= 11 is 0. The molecule has 4 rings (SSSR count). The summed E-state index contributed by atoms with van der Waals surface area (Å²) < 4.78 is 0. The Morgan fingerprint density at radius 3 is 2.30 bits per heavy atom. The maximum absolute atomic E-state index is 13.6. The van der Waals surface area contributed by atoms with Gasteiger partial charge in [-0.25, -0.2) is 0 Å². The van der Waals surface area contributed by atoms with E-state index in [2.05, 4.69) is 13.8 Å². The average Bonchev–Trinajstić information content (AvgIpc) is 3.09.